The van der Waals surface area contributed by atoms with Gasteiger partial charge in [-0.15, -0.1) is 0 Å². The van der Waals surface area contributed by atoms with Gasteiger partial charge in [-0.05, 0) is 25.5 Å². The van der Waals surface area contributed by atoms with Crippen LogP contribution in [0.2, 0.25) is 0 Å². The number of carbonyl (C=O) groups excluding carboxylic acids is 1. The van der Waals surface area contributed by atoms with Gasteiger partial charge < -0.3 is 16.8 Å². The molecule has 2 aromatic heterocycles. The van der Waals surface area contributed by atoms with Crippen molar-refractivity contribution < 1.29 is 4.79 Å². The molecule has 0 aliphatic carbocycles. The van der Waals surface area contributed by atoms with Gasteiger partial charge in [-0.1, -0.05) is 0 Å². The molecule has 106 valence electrons. The lowest BCUT2D eigenvalue weighted by Gasteiger charge is -2.12. The number of pyridine rings is 1. The van der Waals surface area contributed by atoms with E-state index in [0.717, 1.165) is 16.8 Å². The molecule has 0 spiro atoms. The fourth-order valence-electron chi connectivity index (χ4n) is 2.08. The van der Waals surface area contributed by atoms with Crippen LogP contribution < -0.4 is 16.8 Å². The molecule has 0 unspecified atom stereocenters. The average molecular weight is 274 g/mol. The summed E-state index contributed by atoms with van der Waals surface area (Å²) in [4.78, 5) is 15.9. The number of nitrogens with one attached hydrogen (secondary N) is 1. The molecule has 0 bridgehead atoms. The summed E-state index contributed by atoms with van der Waals surface area (Å²) in [6.07, 6.45) is 1.68. The Morgan fingerprint density at radius 1 is 1.45 bits per heavy atom. The Morgan fingerprint density at radius 2 is 2.15 bits per heavy atom. The topological polar surface area (TPSA) is 112 Å². The van der Waals surface area contributed by atoms with Gasteiger partial charge in [0.25, 0.3) is 5.91 Å². The summed E-state index contributed by atoms with van der Waals surface area (Å²) in [5.41, 5.74) is 14.1. The molecule has 2 heterocycles. The quantitative estimate of drug-likeness (QED) is 0.760. The second kappa shape index (κ2) is 5.20. The molecule has 1 amide bonds. The molecule has 7 heteroatoms. The molecule has 0 fully saturated rings. The maximum atomic E-state index is 11.5. The summed E-state index contributed by atoms with van der Waals surface area (Å²) >= 11 is 0. The van der Waals surface area contributed by atoms with Crippen molar-refractivity contribution in [1.29, 1.82) is 0 Å². The van der Waals surface area contributed by atoms with Crippen LogP contribution in [0.5, 0.6) is 0 Å². The second-order valence-electron chi connectivity index (χ2n) is 4.70. The zero-order valence-corrected chi connectivity index (χ0v) is 11.8. The molecule has 0 aromatic carbocycles. The number of carbonyl (C=O) groups is 1. The lowest BCUT2D eigenvalue weighted by molar-refractivity contribution is 0.1000. The van der Waals surface area contributed by atoms with E-state index in [1.165, 1.54) is 0 Å². The maximum Gasteiger partial charge on any atom is 0.252 e. The fraction of sp³-hybridized carbons (Fsp3) is 0.308. The first kappa shape index (κ1) is 13.9. The number of nitrogens with two attached hydrogens (primary N) is 2. The Bertz CT molecular complexity index is 661. The molecule has 0 saturated heterocycles. The van der Waals surface area contributed by atoms with Crippen LogP contribution in [0.15, 0.2) is 12.3 Å². The summed E-state index contributed by atoms with van der Waals surface area (Å²) in [6.45, 7) is 4.12. The van der Waals surface area contributed by atoms with Crippen molar-refractivity contribution in [1.82, 2.24) is 14.8 Å². The van der Waals surface area contributed by atoms with Gasteiger partial charge in [0.05, 0.1) is 11.8 Å². The first-order valence-corrected chi connectivity index (χ1v) is 6.18. The Hall–Kier alpha value is -2.57. The van der Waals surface area contributed by atoms with Crippen LogP contribution >= 0.6 is 0 Å². The van der Waals surface area contributed by atoms with Crippen LogP contribution in [0.3, 0.4) is 0 Å². The third-order valence-corrected chi connectivity index (χ3v) is 3.10. The van der Waals surface area contributed by atoms with E-state index in [1.807, 2.05) is 19.9 Å². The van der Waals surface area contributed by atoms with E-state index in [-0.39, 0.29) is 0 Å². The summed E-state index contributed by atoms with van der Waals surface area (Å²) < 4.78 is 1.58. The molecule has 2 rings (SSSR count). The molecule has 5 N–H and O–H groups in total. The highest BCUT2D eigenvalue weighted by atomic mass is 16.1. The van der Waals surface area contributed by atoms with Gasteiger partial charge in [0, 0.05) is 24.8 Å². The zero-order valence-electron chi connectivity index (χ0n) is 11.8. The summed E-state index contributed by atoms with van der Waals surface area (Å²) in [6, 6.07) is 1.82. The lowest BCUT2D eigenvalue weighted by Crippen LogP contribution is -2.18. The Kier molecular flexibility index (Phi) is 3.60. The largest absolute Gasteiger partial charge is 0.384 e. The minimum absolute atomic E-state index is 0.401. The standard InChI is InChI=1S/C13H18N6O/c1-7-4-8(2)18-13(10(7)12(15)20)16-5-9-6-17-19(3)11(9)14/h4,6H,5,14H2,1-3H3,(H2,15,20)(H,16,18). The maximum absolute atomic E-state index is 11.5. The number of rotatable bonds is 4. The van der Waals surface area contributed by atoms with Crippen molar-refractivity contribution >= 4 is 17.5 Å². The number of hydrogen-bond donors (Lipinski definition) is 3. The summed E-state index contributed by atoms with van der Waals surface area (Å²) in [7, 11) is 1.77. The molecule has 0 radical (unpaired) electrons. The zero-order chi connectivity index (χ0) is 14.9. The van der Waals surface area contributed by atoms with Crippen LogP contribution in [-0.2, 0) is 13.6 Å². The predicted octanol–water partition coefficient (Wildman–Crippen LogP) is 0.725. The number of aryl methyl sites for hydroxylation is 3. The van der Waals surface area contributed by atoms with Crippen LogP contribution in [0, 0.1) is 13.8 Å². The van der Waals surface area contributed by atoms with E-state index >= 15 is 0 Å². The molecule has 0 saturated carbocycles. The van der Waals surface area contributed by atoms with Crippen molar-refractivity contribution in [2.75, 3.05) is 11.1 Å². The molecular weight excluding hydrogens is 256 g/mol. The van der Waals surface area contributed by atoms with Gasteiger partial charge >= 0.3 is 0 Å². The van der Waals surface area contributed by atoms with Gasteiger partial charge in [-0.3, -0.25) is 9.48 Å². The monoisotopic (exact) mass is 274 g/mol. The minimum atomic E-state index is -0.503. The average Bonchev–Trinajstić information content (AvgIpc) is 2.66. The molecule has 0 aliphatic rings. The first-order chi connectivity index (χ1) is 9.40. The SMILES string of the molecule is Cc1cc(C)c(C(N)=O)c(NCc2cnn(C)c2N)n1. The van der Waals surface area contributed by atoms with Crippen LogP contribution in [0.4, 0.5) is 11.6 Å². The number of nitrogens with zero attached hydrogens (tertiary/aromatic N) is 3. The van der Waals surface area contributed by atoms with E-state index < -0.39 is 5.91 Å². The van der Waals surface area contributed by atoms with Gasteiger partial charge in [0.2, 0.25) is 0 Å². The molecule has 0 aliphatic heterocycles. The van der Waals surface area contributed by atoms with Crippen molar-refractivity contribution in [3.63, 3.8) is 0 Å². The number of nitrogen functional groups attached to an aromatic ring is 1. The Balaban J connectivity index is 2.29. The smallest absolute Gasteiger partial charge is 0.252 e. The third kappa shape index (κ3) is 2.56. The van der Waals surface area contributed by atoms with E-state index in [0.29, 0.717) is 23.7 Å². The van der Waals surface area contributed by atoms with Gasteiger partial charge in [0.15, 0.2) is 0 Å². The van der Waals surface area contributed by atoms with E-state index in [9.17, 15) is 4.79 Å². The minimum Gasteiger partial charge on any atom is -0.384 e. The van der Waals surface area contributed by atoms with Crippen molar-refractivity contribution in [2.24, 2.45) is 12.8 Å². The van der Waals surface area contributed by atoms with E-state index in [2.05, 4.69) is 15.4 Å². The number of amides is 1. The lowest BCUT2D eigenvalue weighted by atomic mass is 10.1. The number of primary amides is 1. The molecule has 0 atom stereocenters. The van der Waals surface area contributed by atoms with Crippen molar-refractivity contribution in [2.45, 2.75) is 20.4 Å². The Morgan fingerprint density at radius 3 is 2.70 bits per heavy atom. The van der Waals surface area contributed by atoms with Crippen LogP contribution in [-0.4, -0.2) is 20.7 Å². The van der Waals surface area contributed by atoms with Crippen molar-refractivity contribution in [3.8, 4) is 0 Å². The predicted molar refractivity (Wildman–Crippen MR) is 77.2 cm³/mol. The molecule has 20 heavy (non-hydrogen) atoms. The second-order valence-corrected chi connectivity index (χ2v) is 4.70. The van der Waals surface area contributed by atoms with Gasteiger partial charge in [-0.25, -0.2) is 4.98 Å². The number of hydrogen-bond acceptors (Lipinski definition) is 5. The van der Waals surface area contributed by atoms with Gasteiger partial charge in [0.1, 0.15) is 11.6 Å². The van der Waals surface area contributed by atoms with Crippen LogP contribution in [0.1, 0.15) is 27.2 Å². The fourth-order valence-corrected chi connectivity index (χ4v) is 2.08. The number of aromatic nitrogens is 3. The highest BCUT2D eigenvalue weighted by molar-refractivity contribution is 5.99. The summed E-state index contributed by atoms with van der Waals surface area (Å²) in [5.74, 6) is 0.539. The number of anilines is 2. The summed E-state index contributed by atoms with van der Waals surface area (Å²) in [5, 5.41) is 7.16. The highest BCUT2D eigenvalue weighted by Crippen LogP contribution is 2.20. The normalized spacial score (nSPS) is 10.6. The van der Waals surface area contributed by atoms with E-state index in [1.54, 1.807) is 17.9 Å². The highest BCUT2D eigenvalue weighted by Gasteiger charge is 2.14. The third-order valence-electron chi connectivity index (χ3n) is 3.10. The van der Waals surface area contributed by atoms with E-state index in [4.69, 9.17) is 11.5 Å². The van der Waals surface area contributed by atoms with Crippen molar-refractivity contribution in [3.05, 3.63) is 34.6 Å². The molecule has 2 aromatic rings. The molecule has 7 nitrogen and oxygen atoms in total. The van der Waals surface area contributed by atoms with Crippen LogP contribution in [0.25, 0.3) is 0 Å². The van der Waals surface area contributed by atoms with Gasteiger partial charge in [-0.2, -0.15) is 5.10 Å². The Labute approximate surface area is 117 Å². The first-order valence-electron chi connectivity index (χ1n) is 6.18. The molecular formula is C13H18N6O.